The lowest BCUT2D eigenvalue weighted by atomic mass is 10.1. The highest BCUT2D eigenvalue weighted by atomic mass is 16.5. The molecule has 0 aromatic heterocycles. The molecule has 0 N–H and O–H groups in total. The van der Waals surface area contributed by atoms with Crippen molar-refractivity contribution in [3.8, 4) is 11.5 Å². The molecule has 0 saturated carbocycles. The first-order valence-electron chi connectivity index (χ1n) is 16.4. The number of hydrogen-bond donors (Lipinski definition) is 0. The molecule has 0 aliphatic carbocycles. The van der Waals surface area contributed by atoms with Crippen LogP contribution in [0.2, 0.25) is 0 Å². The third kappa shape index (κ3) is 11.2. The second kappa shape index (κ2) is 19.6. The first-order chi connectivity index (χ1) is 21.1. The van der Waals surface area contributed by atoms with Gasteiger partial charge >= 0.3 is 0 Å². The Morgan fingerprint density at radius 3 is 2.00 bits per heavy atom. The van der Waals surface area contributed by atoms with Gasteiger partial charge in [-0.1, -0.05) is 108 Å². The van der Waals surface area contributed by atoms with Crippen LogP contribution in [0.1, 0.15) is 112 Å². The molecule has 2 amide bonds. The molecule has 2 aromatic carbocycles. The van der Waals surface area contributed by atoms with Crippen LogP contribution in [0.15, 0.2) is 73.0 Å². The molecule has 1 unspecified atom stereocenters. The molecule has 0 fully saturated rings. The Morgan fingerprint density at radius 1 is 0.744 bits per heavy atom. The minimum absolute atomic E-state index is 0.105. The molecule has 43 heavy (non-hydrogen) atoms. The van der Waals surface area contributed by atoms with E-state index in [1.165, 1.54) is 69.1 Å². The first kappa shape index (κ1) is 34.0. The standard InChI is InChI=1S/C37H52N2O4/c1-4-6-7-8-9-10-11-12-13-14-15-21-28-43-35-29-32(25-26-34(35)42-3)37(41)39(36(40)31-22-17-16-18-23-31)30-33-24-19-20-27-38(33)5-2/h16-20,22-27,29,33H,4-15,21,28,30H2,1-3H3. The number of amides is 2. The summed E-state index contributed by atoms with van der Waals surface area (Å²) in [5, 5.41) is 0. The van der Waals surface area contributed by atoms with Crippen molar-refractivity contribution in [3.63, 3.8) is 0 Å². The van der Waals surface area contributed by atoms with Gasteiger partial charge in [-0.15, -0.1) is 0 Å². The largest absolute Gasteiger partial charge is 0.493 e. The molecular formula is C37H52N2O4. The quantitative estimate of drug-likeness (QED) is 0.114. The van der Waals surface area contributed by atoms with Crippen LogP contribution in [0, 0.1) is 0 Å². The average Bonchev–Trinajstić information content (AvgIpc) is 3.05. The molecule has 0 spiro atoms. The number of allylic oxidation sites excluding steroid dienone is 2. The summed E-state index contributed by atoms with van der Waals surface area (Å²) in [5.41, 5.74) is 0.874. The van der Waals surface area contributed by atoms with E-state index in [0.717, 1.165) is 19.4 Å². The maximum absolute atomic E-state index is 13.9. The van der Waals surface area contributed by atoms with Crippen LogP contribution < -0.4 is 9.47 Å². The zero-order valence-corrected chi connectivity index (χ0v) is 26.6. The highest BCUT2D eigenvalue weighted by molar-refractivity contribution is 6.10. The van der Waals surface area contributed by atoms with E-state index < -0.39 is 0 Å². The molecule has 1 aliphatic rings. The van der Waals surface area contributed by atoms with Crippen LogP contribution in [0.4, 0.5) is 0 Å². The van der Waals surface area contributed by atoms with E-state index in [4.69, 9.17) is 9.47 Å². The summed E-state index contributed by atoms with van der Waals surface area (Å²) in [7, 11) is 1.60. The zero-order valence-electron chi connectivity index (χ0n) is 26.6. The summed E-state index contributed by atoms with van der Waals surface area (Å²) in [5.74, 6) is 0.429. The number of ether oxygens (including phenoxy) is 2. The highest BCUT2D eigenvalue weighted by Crippen LogP contribution is 2.29. The van der Waals surface area contributed by atoms with Gasteiger partial charge in [-0.3, -0.25) is 14.5 Å². The van der Waals surface area contributed by atoms with E-state index in [1.54, 1.807) is 37.4 Å². The molecule has 2 aromatic rings. The Kier molecular flexibility index (Phi) is 15.5. The van der Waals surface area contributed by atoms with Crippen molar-refractivity contribution in [2.75, 3.05) is 26.8 Å². The van der Waals surface area contributed by atoms with Crippen molar-refractivity contribution < 1.29 is 19.1 Å². The topological polar surface area (TPSA) is 59.1 Å². The van der Waals surface area contributed by atoms with Crippen molar-refractivity contribution in [2.24, 2.45) is 0 Å². The fourth-order valence-corrected chi connectivity index (χ4v) is 5.46. The van der Waals surface area contributed by atoms with Crippen molar-refractivity contribution in [2.45, 2.75) is 96.9 Å². The Morgan fingerprint density at radius 2 is 1.37 bits per heavy atom. The number of rotatable bonds is 20. The minimum Gasteiger partial charge on any atom is -0.493 e. The van der Waals surface area contributed by atoms with Gasteiger partial charge in [-0.2, -0.15) is 0 Å². The second-order valence-corrected chi connectivity index (χ2v) is 11.3. The second-order valence-electron chi connectivity index (χ2n) is 11.3. The number of carbonyl (C=O) groups is 2. The van der Waals surface area contributed by atoms with E-state index in [1.807, 2.05) is 42.6 Å². The lowest BCUT2D eigenvalue weighted by molar-refractivity contribution is 0.0587. The molecule has 3 rings (SSSR count). The Balaban J connectivity index is 1.57. The number of hydrogen-bond acceptors (Lipinski definition) is 5. The molecule has 1 aliphatic heterocycles. The van der Waals surface area contributed by atoms with Gasteiger partial charge in [-0.25, -0.2) is 0 Å². The summed E-state index contributed by atoms with van der Waals surface area (Å²) in [6.07, 6.45) is 23.3. The fourth-order valence-electron chi connectivity index (χ4n) is 5.46. The predicted octanol–water partition coefficient (Wildman–Crippen LogP) is 8.83. The van der Waals surface area contributed by atoms with Gasteiger partial charge in [0, 0.05) is 17.7 Å². The normalized spacial score (nSPS) is 14.1. The maximum atomic E-state index is 13.9. The summed E-state index contributed by atoms with van der Waals surface area (Å²) in [6, 6.07) is 14.0. The Hall–Kier alpha value is -3.54. The van der Waals surface area contributed by atoms with Crippen LogP contribution >= 0.6 is 0 Å². The predicted molar refractivity (Wildman–Crippen MR) is 176 cm³/mol. The number of unbranched alkanes of at least 4 members (excludes halogenated alkanes) is 11. The van der Waals surface area contributed by atoms with Crippen molar-refractivity contribution in [1.82, 2.24) is 9.80 Å². The van der Waals surface area contributed by atoms with Crippen LogP contribution in [0.5, 0.6) is 11.5 Å². The highest BCUT2D eigenvalue weighted by Gasteiger charge is 2.29. The third-order valence-corrected chi connectivity index (χ3v) is 8.06. The van der Waals surface area contributed by atoms with Gasteiger partial charge < -0.3 is 14.4 Å². The van der Waals surface area contributed by atoms with Crippen LogP contribution in [0.25, 0.3) is 0 Å². The van der Waals surface area contributed by atoms with E-state index >= 15 is 0 Å². The summed E-state index contributed by atoms with van der Waals surface area (Å²) >= 11 is 0. The molecule has 1 atom stereocenters. The van der Waals surface area contributed by atoms with E-state index in [9.17, 15) is 9.59 Å². The SMILES string of the molecule is CCCCCCCCCCCCCCOc1cc(C(=O)N(CC2C=CC=CN2CC)C(=O)c2ccccc2)ccc1OC. The smallest absolute Gasteiger partial charge is 0.260 e. The lowest BCUT2D eigenvalue weighted by Crippen LogP contribution is -2.46. The van der Waals surface area contributed by atoms with Crippen LogP contribution in [-0.4, -0.2) is 54.5 Å². The van der Waals surface area contributed by atoms with Gasteiger partial charge in [-0.05, 0) is 56.0 Å². The van der Waals surface area contributed by atoms with E-state index in [0.29, 0.717) is 29.2 Å². The third-order valence-electron chi connectivity index (χ3n) is 8.06. The zero-order chi connectivity index (χ0) is 30.7. The number of imide groups is 1. The monoisotopic (exact) mass is 588 g/mol. The molecule has 6 nitrogen and oxygen atoms in total. The number of likely N-dealkylation sites (N-methyl/N-ethyl adjacent to an activating group) is 1. The number of methoxy groups -OCH3 is 1. The van der Waals surface area contributed by atoms with E-state index in [-0.39, 0.29) is 24.4 Å². The van der Waals surface area contributed by atoms with Crippen molar-refractivity contribution >= 4 is 11.8 Å². The van der Waals surface area contributed by atoms with Crippen molar-refractivity contribution in [3.05, 3.63) is 84.1 Å². The van der Waals surface area contributed by atoms with Gasteiger partial charge in [0.2, 0.25) is 0 Å². The first-order valence-corrected chi connectivity index (χ1v) is 16.4. The summed E-state index contributed by atoms with van der Waals surface area (Å²) in [6.45, 7) is 5.89. The maximum Gasteiger partial charge on any atom is 0.260 e. The number of carbonyl (C=O) groups excluding carboxylic acids is 2. The van der Waals surface area contributed by atoms with E-state index in [2.05, 4.69) is 18.7 Å². The fraction of sp³-hybridized carbons (Fsp3) is 0.514. The summed E-state index contributed by atoms with van der Waals surface area (Å²) < 4.78 is 11.6. The van der Waals surface area contributed by atoms with Gasteiger partial charge in [0.25, 0.3) is 11.8 Å². The molecule has 0 saturated heterocycles. The van der Waals surface area contributed by atoms with Crippen LogP contribution in [0.3, 0.4) is 0 Å². The van der Waals surface area contributed by atoms with Crippen molar-refractivity contribution in [1.29, 1.82) is 0 Å². The molecule has 0 radical (unpaired) electrons. The van der Waals surface area contributed by atoms with Gasteiger partial charge in [0.15, 0.2) is 11.5 Å². The van der Waals surface area contributed by atoms with Gasteiger partial charge in [0.05, 0.1) is 26.3 Å². The lowest BCUT2D eigenvalue weighted by Gasteiger charge is -2.33. The number of nitrogens with zero attached hydrogens (tertiary/aromatic N) is 2. The Bertz CT molecular complexity index is 1160. The minimum atomic E-state index is -0.356. The van der Waals surface area contributed by atoms with Crippen LogP contribution in [-0.2, 0) is 0 Å². The number of benzene rings is 2. The molecule has 0 bridgehead atoms. The summed E-state index contributed by atoms with van der Waals surface area (Å²) in [4.78, 5) is 31.0. The molecule has 6 heteroatoms. The molecular weight excluding hydrogens is 536 g/mol. The molecule has 234 valence electrons. The van der Waals surface area contributed by atoms with Gasteiger partial charge in [0.1, 0.15) is 0 Å². The molecule has 1 heterocycles. The average molecular weight is 589 g/mol. The Labute approximate surface area is 259 Å².